The summed E-state index contributed by atoms with van der Waals surface area (Å²) in [4.78, 5) is 38.9. The van der Waals surface area contributed by atoms with E-state index in [1.165, 1.54) is 23.8 Å². The SMILES string of the molecule is COC(=O)C1=C2C=C(C)[C@@](C)(O)[C@@H]2S[C@@H]2[C@H](NC(=O)COc3ccccc3)C(=O)N12. The summed E-state index contributed by atoms with van der Waals surface area (Å²) in [5.41, 5.74) is 0.216. The van der Waals surface area contributed by atoms with Gasteiger partial charge >= 0.3 is 5.97 Å². The van der Waals surface area contributed by atoms with E-state index in [1.54, 1.807) is 44.2 Å². The van der Waals surface area contributed by atoms with Crippen molar-refractivity contribution in [2.45, 2.75) is 36.1 Å². The first-order valence-electron chi connectivity index (χ1n) is 9.45. The van der Waals surface area contributed by atoms with Crippen molar-refractivity contribution < 1.29 is 29.0 Å². The molecule has 2 heterocycles. The van der Waals surface area contributed by atoms with E-state index in [0.717, 1.165) is 0 Å². The number of thioether (sulfide) groups is 1. The largest absolute Gasteiger partial charge is 0.484 e. The molecule has 4 rings (SSSR count). The van der Waals surface area contributed by atoms with Gasteiger partial charge in [0.2, 0.25) is 0 Å². The Kier molecular flexibility index (Phi) is 5.11. The second-order valence-corrected chi connectivity index (χ2v) is 8.76. The molecular weight excluding hydrogens is 408 g/mol. The van der Waals surface area contributed by atoms with E-state index in [-0.39, 0.29) is 12.3 Å². The van der Waals surface area contributed by atoms with Gasteiger partial charge in [-0.3, -0.25) is 14.5 Å². The lowest BCUT2D eigenvalue weighted by molar-refractivity contribution is -0.152. The van der Waals surface area contributed by atoms with E-state index >= 15 is 0 Å². The molecule has 0 aromatic heterocycles. The van der Waals surface area contributed by atoms with E-state index in [2.05, 4.69) is 5.32 Å². The Morgan fingerprint density at radius 2 is 2.00 bits per heavy atom. The van der Waals surface area contributed by atoms with Gasteiger partial charge in [0, 0.05) is 0 Å². The lowest BCUT2D eigenvalue weighted by atomic mass is 9.96. The molecule has 0 spiro atoms. The zero-order chi connectivity index (χ0) is 21.6. The summed E-state index contributed by atoms with van der Waals surface area (Å²) in [5, 5.41) is 12.6. The van der Waals surface area contributed by atoms with Crippen LogP contribution in [0.2, 0.25) is 0 Å². The first-order valence-corrected chi connectivity index (χ1v) is 10.4. The Bertz CT molecular complexity index is 971. The number of nitrogens with one attached hydrogen (secondary N) is 1. The van der Waals surface area contributed by atoms with Crippen molar-refractivity contribution in [3.05, 3.63) is 53.3 Å². The summed E-state index contributed by atoms with van der Waals surface area (Å²) < 4.78 is 10.3. The van der Waals surface area contributed by atoms with Crippen LogP contribution in [0.4, 0.5) is 0 Å². The molecule has 2 N–H and O–H groups in total. The number of allylic oxidation sites excluding steroid dienone is 1. The average molecular weight is 430 g/mol. The van der Waals surface area contributed by atoms with Gasteiger partial charge in [-0.25, -0.2) is 4.79 Å². The van der Waals surface area contributed by atoms with Crippen LogP contribution in [-0.2, 0) is 19.1 Å². The van der Waals surface area contributed by atoms with Crippen LogP contribution in [-0.4, -0.2) is 63.8 Å². The quantitative estimate of drug-likeness (QED) is 0.530. The normalized spacial score (nSPS) is 29.5. The Labute approximate surface area is 177 Å². The van der Waals surface area contributed by atoms with E-state index in [4.69, 9.17) is 9.47 Å². The van der Waals surface area contributed by atoms with Crippen molar-refractivity contribution in [2.24, 2.45) is 0 Å². The number of carbonyl (C=O) groups excluding carboxylic acids is 3. The number of carbonyl (C=O) groups is 3. The third-order valence-electron chi connectivity index (χ3n) is 5.60. The predicted octanol–water partition coefficient (Wildman–Crippen LogP) is 0.972. The second-order valence-electron chi connectivity index (χ2n) is 7.53. The molecule has 9 heteroatoms. The molecule has 0 unspecified atom stereocenters. The highest BCUT2D eigenvalue weighted by Crippen LogP contribution is 2.52. The van der Waals surface area contributed by atoms with Gasteiger partial charge in [-0.15, -0.1) is 11.8 Å². The van der Waals surface area contributed by atoms with Crippen molar-refractivity contribution in [2.75, 3.05) is 13.7 Å². The van der Waals surface area contributed by atoms with Gasteiger partial charge in [-0.05, 0) is 37.1 Å². The number of fused-ring (bicyclic) bond motifs is 2. The summed E-state index contributed by atoms with van der Waals surface area (Å²) in [7, 11) is 1.25. The average Bonchev–Trinajstić information content (AvgIpc) is 2.97. The maximum Gasteiger partial charge on any atom is 0.355 e. The number of ether oxygens (including phenoxy) is 2. The Hall–Kier alpha value is -2.78. The molecule has 1 fully saturated rings. The predicted molar refractivity (Wildman–Crippen MR) is 109 cm³/mol. The van der Waals surface area contributed by atoms with E-state index < -0.39 is 40.1 Å². The highest BCUT2D eigenvalue weighted by molar-refractivity contribution is 8.01. The van der Waals surface area contributed by atoms with Gasteiger partial charge in [-0.1, -0.05) is 24.3 Å². The highest BCUT2D eigenvalue weighted by atomic mass is 32.2. The number of β-lactam (4-membered cyclic amide) rings is 1. The summed E-state index contributed by atoms with van der Waals surface area (Å²) in [5.74, 6) is -0.943. The first-order chi connectivity index (χ1) is 14.3. The molecular formula is C21H22N2O6S. The maximum absolute atomic E-state index is 12.8. The van der Waals surface area contributed by atoms with Crippen LogP contribution in [0, 0.1) is 0 Å². The number of aliphatic hydroxyl groups is 1. The fraction of sp³-hybridized carbons (Fsp3) is 0.381. The zero-order valence-electron chi connectivity index (χ0n) is 16.7. The van der Waals surface area contributed by atoms with Crippen LogP contribution in [0.1, 0.15) is 13.8 Å². The second kappa shape index (κ2) is 7.48. The third-order valence-corrected chi connectivity index (χ3v) is 7.35. The number of hydrogen-bond donors (Lipinski definition) is 2. The minimum Gasteiger partial charge on any atom is -0.484 e. The molecule has 3 aliphatic rings. The lowest BCUT2D eigenvalue weighted by Crippen LogP contribution is -2.71. The van der Waals surface area contributed by atoms with Gasteiger partial charge in [0.1, 0.15) is 22.9 Å². The summed E-state index contributed by atoms with van der Waals surface area (Å²) >= 11 is 1.34. The minimum absolute atomic E-state index is 0.124. The molecule has 158 valence electrons. The summed E-state index contributed by atoms with van der Waals surface area (Å²) in [6.45, 7) is 3.22. The molecule has 4 atom stereocenters. The smallest absolute Gasteiger partial charge is 0.355 e. The van der Waals surface area contributed by atoms with Crippen LogP contribution < -0.4 is 10.1 Å². The summed E-state index contributed by atoms with van der Waals surface area (Å²) in [6.07, 6.45) is 1.73. The Morgan fingerprint density at radius 1 is 1.30 bits per heavy atom. The fourth-order valence-corrected chi connectivity index (χ4v) is 5.54. The minimum atomic E-state index is -1.17. The molecule has 0 bridgehead atoms. The monoisotopic (exact) mass is 430 g/mol. The van der Waals surface area contributed by atoms with Gasteiger partial charge < -0.3 is 19.9 Å². The highest BCUT2D eigenvalue weighted by Gasteiger charge is 2.60. The van der Waals surface area contributed by atoms with Gasteiger partial charge in [0.25, 0.3) is 11.8 Å². The molecule has 1 saturated heterocycles. The first kappa shape index (κ1) is 20.5. The van der Waals surface area contributed by atoms with Crippen LogP contribution in [0.15, 0.2) is 53.3 Å². The van der Waals surface area contributed by atoms with Gasteiger partial charge in [0.15, 0.2) is 6.61 Å². The van der Waals surface area contributed by atoms with Crippen LogP contribution in [0.3, 0.4) is 0 Å². The number of amides is 2. The van der Waals surface area contributed by atoms with Crippen molar-refractivity contribution in [1.82, 2.24) is 10.2 Å². The zero-order valence-corrected chi connectivity index (χ0v) is 17.6. The Morgan fingerprint density at radius 3 is 2.67 bits per heavy atom. The topological polar surface area (TPSA) is 105 Å². The summed E-state index contributed by atoms with van der Waals surface area (Å²) in [6, 6.07) is 8.06. The van der Waals surface area contributed by atoms with Gasteiger partial charge in [-0.2, -0.15) is 0 Å². The fourth-order valence-electron chi connectivity index (χ4n) is 3.81. The molecule has 1 aliphatic carbocycles. The number of nitrogens with zero attached hydrogens (tertiary/aromatic N) is 1. The number of hydrogen-bond acceptors (Lipinski definition) is 7. The van der Waals surface area contributed by atoms with Crippen molar-refractivity contribution >= 4 is 29.5 Å². The van der Waals surface area contributed by atoms with E-state index in [1.807, 2.05) is 6.07 Å². The van der Waals surface area contributed by atoms with Crippen LogP contribution in [0.25, 0.3) is 0 Å². The van der Waals surface area contributed by atoms with Crippen molar-refractivity contribution in [1.29, 1.82) is 0 Å². The number of esters is 1. The van der Waals surface area contributed by atoms with Crippen molar-refractivity contribution in [3.63, 3.8) is 0 Å². The molecule has 2 amide bonds. The molecule has 2 aliphatic heterocycles. The lowest BCUT2D eigenvalue weighted by Gasteiger charge is -2.52. The van der Waals surface area contributed by atoms with E-state index in [0.29, 0.717) is 16.9 Å². The molecule has 8 nitrogen and oxygen atoms in total. The molecule has 1 aromatic carbocycles. The maximum atomic E-state index is 12.8. The number of benzene rings is 1. The van der Waals surface area contributed by atoms with E-state index in [9.17, 15) is 19.5 Å². The van der Waals surface area contributed by atoms with Gasteiger partial charge in [0.05, 0.1) is 18.0 Å². The molecule has 0 saturated carbocycles. The third kappa shape index (κ3) is 3.18. The molecule has 0 radical (unpaired) electrons. The van der Waals surface area contributed by atoms with Crippen LogP contribution in [0.5, 0.6) is 5.75 Å². The molecule has 1 aromatic rings. The van der Waals surface area contributed by atoms with Crippen molar-refractivity contribution in [3.8, 4) is 5.75 Å². The standard InChI is InChI=1S/C21H22N2O6S/c1-11-9-13-16(20(26)28-3)23-18(25)15(19(23)30-17(13)21(11,2)27)22-14(24)10-29-12-7-5-4-6-8-12/h4-9,15,17,19,27H,10H2,1-3H3,(H,22,24)/t15-,17-,19-,21-/m1/s1. The number of para-hydroxylation sites is 1. The van der Waals surface area contributed by atoms with Crippen LogP contribution >= 0.6 is 11.8 Å². The number of rotatable bonds is 5. The number of methoxy groups -OCH3 is 1. The molecule has 30 heavy (non-hydrogen) atoms. The Balaban J connectivity index is 1.51.